The molecule has 1 heterocycles. The maximum atomic E-state index is 12.6. The molecule has 0 atom stereocenters. The second-order valence-electron chi connectivity index (χ2n) is 7.19. The van der Waals surface area contributed by atoms with E-state index < -0.39 is 28.2 Å². The molecule has 9 heteroatoms. The lowest BCUT2D eigenvalue weighted by Crippen LogP contribution is -2.41. The summed E-state index contributed by atoms with van der Waals surface area (Å²) >= 11 is 0. The van der Waals surface area contributed by atoms with Crippen LogP contribution in [-0.4, -0.2) is 21.8 Å². The number of hydrazine groups is 1. The van der Waals surface area contributed by atoms with E-state index in [1.807, 2.05) is 24.3 Å². The molecule has 32 heavy (non-hydrogen) atoms. The van der Waals surface area contributed by atoms with Gasteiger partial charge in [0.1, 0.15) is 0 Å². The van der Waals surface area contributed by atoms with Gasteiger partial charge in [-0.05, 0) is 42.2 Å². The molecule has 166 valence electrons. The Labute approximate surface area is 184 Å². The maximum Gasteiger partial charge on any atom is 0.311 e. The van der Waals surface area contributed by atoms with Gasteiger partial charge in [0.2, 0.25) is 5.76 Å². The lowest BCUT2D eigenvalue weighted by molar-refractivity contribution is -0.385. The first kappa shape index (κ1) is 22.5. The molecule has 0 aliphatic carbocycles. The highest BCUT2D eigenvalue weighted by Crippen LogP contribution is 2.27. The Morgan fingerprint density at radius 3 is 2.59 bits per heavy atom. The van der Waals surface area contributed by atoms with Gasteiger partial charge in [0.15, 0.2) is 5.75 Å². The van der Waals surface area contributed by atoms with E-state index in [2.05, 4.69) is 17.8 Å². The third kappa shape index (κ3) is 5.31. The highest BCUT2D eigenvalue weighted by atomic mass is 16.6. The van der Waals surface area contributed by atoms with Crippen LogP contribution < -0.4 is 10.9 Å². The molecule has 0 radical (unpaired) electrons. The lowest BCUT2D eigenvalue weighted by atomic mass is 10.0. The summed E-state index contributed by atoms with van der Waals surface area (Å²) in [5.74, 6) is -2.00. The number of nitro groups is 1. The molecule has 3 N–H and O–H groups in total. The zero-order valence-electron chi connectivity index (χ0n) is 17.5. The zero-order chi connectivity index (χ0) is 23.1. The van der Waals surface area contributed by atoms with Crippen LogP contribution in [0.5, 0.6) is 5.75 Å². The van der Waals surface area contributed by atoms with E-state index in [9.17, 15) is 24.8 Å². The van der Waals surface area contributed by atoms with Gasteiger partial charge < -0.3 is 9.52 Å². The molecular weight excluding hydrogens is 414 g/mol. The molecule has 0 saturated heterocycles. The van der Waals surface area contributed by atoms with Crippen molar-refractivity contribution in [2.75, 3.05) is 0 Å². The number of aryl methyl sites for hydroxylation is 1. The summed E-state index contributed by atoms with van der Waals surface area (Å²) in [4.78, 5) is 35.0. The van der Waals surface area contributed by atoms with Crippen LogP contribution in [0.2, 0.25) is 0 Å². The first-order valence-corrected chi connectivity index (χ1v) is 10.2. The minimum absolute atomic E-state index is 0.0210. The first-order valence-electron chi connectivity index (χ1n) is 10.2. The summed E-state index contributed by atoms with van der Waals surface area (Å²) in [5, 5.41) is 20.4. The quantitative estimate of drug-likeness (QED) is 0.272. The van der Waals surface area contributed by atoms with E-state index in [4.69, 9.17) is 4.42 Å². The Bertz CT molecular complexity index is 1140. The molecule has 0 aliphatic heterocycles. The van der Waals surface area contributed by atoms with Crippen LogP contribution in [0, 0.1) is 10.1 Å². The average molecular weight is 437 g/mol. The smallest absolute Gasteiger partial charge is 0.311 e. The van der Waals surface area contributed by atoms with Crippen molar-refractivity contribution < 1.29 is 24.0 Å². The van der Waals surface area contributed by atoms with Gasteiger partial charge in [0.05, 0.1) is 11.2 Å². The van der Waals surface area contributed by atoms with Crippen LogP contribution in [-0.2, 0) is 6.42 Å². The number of unbranched alkanes of at least 4 members (excludes halogenated alkanes) is 2. The predicted molar refractivity (Wildman–Crippen MR) is 117 cm³/mol. The fourth-order valence-electron chi connectivity index (χ4n) is 3.24. The molecule has 1 aromatic heterocycles. The van der Waals surface area contributed by atoms with Crippen molar-refractivity contribution in [2.24, 2.45) is 0 Å². The SMILES string of the molecule is CCCCCc1cccc(-c2ccoc2C(=O)NNC(=O)c2ccc(O)c([N+](=O)[O-])c2)c1. The van der Waals surface area contributed by atoms with Gasteiger partial charge in [0, 0.05) is 17.2 Å². The lowest BCUT2D eigenvalue weighted by Gasteiger charge is -2.09. The van der Waals surface area contributed by atoms with Gasteiger partial charge in [0.25, 0.3) is 5.91 Å². The number of benzene rings is 2. The van der Waals surface area contributed by atoms with Crippen molar-refractivity contribution in [1.82, 2.24) is 10.9 Å². The Hall–Kier alpha value is -4.14. The standard InChI is InChI=1S/C23H23N3O6/c1-2-3-4-6-15-7-5-8-16(13-15)18-11-12-32-21(18)23(29)25-24-22(28)17-9-10-20(27)19(14-17)26(30)31/h5,7-14,27H,2-4,6H2,1H3,(H,24,28)(H,25,29). The molecular formula is C23H23N3O6. The van der Waals surface area contributed by atoms with Crippen molar-refractivity contribution in [2.45, 2.75) is 32.6 Å². The van der Waals surface area contributed by atoms with Gasteiger partial charge in [-0.1, -0.05) is 44.0 Å². The van der Waals surface area contributed by atoms with Crippen LogP contribution in [0.4, 0.5) is 5.69 Å². The molecule has 0 fully saturated rings. The molecule has 3 aromatic rings. The molecule has 0 spiro atoms. The van der Waals surface area contributed by atoms with E-state index in [0.29, 0.717) is 5.56 Å². The number of furan rings is 1. The summed E-state index contributed by atoms with van der Waals surface area (Å²) in [6.45, 7) is 2.15. The van der Waals surface area contributed by atoms with Gasteiger partial charge in [-0.15, -0.1) is 0 Å². The molecule has 2 aromatic carbocycles. The highest BCUT2D eigenvalue weighted by molar-refractivity contribution is 6.01. The van der Waals surface area contributed by atoms with Crippen LogP contribution >= 0.6 is 0 Å². The number of amides is 2. The van der Waals surface area contributed by atoms with Crippen molar-refractivity contribution in [3.05, 3.63) is 81.8 Å². The molecule has 3 rings (SSSR count). The normalized spacial score (nSPS) is 10.5. The number of phenols is 1. The third-order valence-corrected chi connectivity index (χ3v) is 4.90. The second kappa shape index (κ2) is 10.3. The minimum Gasteiger partial charge on any atom is -0.502 e. The maximum absolute atomic E-state index is 12.6. The summed E-state index contributed by atoms with van der Waals surface area (Å²) in [5.41, 5.74) is 6.28. The Morgan fingerprint density at radius 2 is 1.84 bits per heavy atom. The van der Waals surface area contributed by atoms with E-state index in [1.165, 1.54) is 12.3 Å². The average Bonchev–Trinajstić information content (AvgIpc) is 3.28. The van der Waals surface area contributed by atoms with E-state index >= 15 is 0 Å². The van der Waals surface area contributed by atoms with E-state index in [1.54, 1.807) is 6.07 Å². The number of nitrogens with zero attached hydrogens (tertiary/aromatic N) is 1. The van der Waals surface area contributed by atoms with Gasteiger partial charge >= 0.3 is 11.6 Å². The summed E-state index contributed by atoms with van der Waals surface area (Å²) in [6.07, 6.45) is 5.69. The van der Waals surface area contributed by atoms with Crippen molar-refractivity contribution in [1.29, 1.82) is 0 Å². The molecule has 9 nitrogen and oxygen atoms in total. The van der Waals surface area contributed by atoms with E-state index in [-0.39, 0.29) is 11.3 Å². The minimum atomic E-state index is -0.809. The summed E-state index contributed by atoms with van der Waals surface area (Å²) in [7, 11) is 0. The Kier molecular flexibility index (Phi) is 7.22. The summed E-state index contributed by atoms with van der Waals surface area (Å²) < 4.78 is 5.34. The fraction of sp³-hybridized carbons (Fsp3) is 0.217. The molecule has 0 unspecified atom stereocenters. The molecule has 2 amide bonds. The van der Waals surface area contributed by atoms with Crippen LogP contribution in [0.1, 0.15) is 52.7 Å². The largest absolute Gasteiger partial charge is 0.502 e. The number of hydrogen-bond donors (Lipinski definition) is 3. The number of nitrogens with one attached hydrogen (secondary N) is 2. The number of hydrogen-bond acceptors (Lipinski definition) is 6. The fourth-order valence-corrected chi connectivity index (χ4v) is 3.24. The zero-order valence-corrected chi connectivity index (χ0v) is 17.5. The second-order valence-corrected chi connectivity index (χ2v) is 7.19. The van der Waals surface area contributed by atoms with Crippen LogP contribution in [0.3, 0.4) is 0 Å². The van der Waals surface area contributed by atoms with Crippen LogP contribution in [0.15, 0.2) is 59.2 Å². The van der Waals surface area contributed by atoms with Crippen molar-refractivity contribution in [3.8, 4) is 16.9 Å². The monoisotopic (exact) mass is 437 g/mol. The first-order chi connectivity index (χ1) is 15.4. The van der Waals surface area contributed by atoms with Gasteiger partial charge in [-0.25, -0.2) is 0 Å². The predicted octanol–water partition coefficient (Wildman–Crippen LogP) is 4.37. The number of aromatic hydroxyl groups is 1. The topological polar surface area (TPSA) is 135 Å². The van der Waals surface area contributed by atoms with Gasteiger partial charge in [-0.3, -0.25) is 30.6 Å². The highest BCUT2D eigenvalue weighted by Gasteiger charge is 2.20. The number of carbonyl (C=O) groups is 2. The van der Waals surface area contributed by atoms with E-state index in [0.717, 1.165) is 48.9 Å². The Balaban J connectivity index is 1.70. The number of nitro benzene ring substituents is 1. The van der Waals surface area contributed by atoms with Crippen molar-refractivity contribution in [3.63, 3.8) is 0 Å². The van der Waals surface area contributed by atoms with Gasteiger partial charge in [-0.2, -0.15) is 0 Å². The third-order valence-electron chi connectivity index (χ3n) is 4.90. The molecule has 0 saturated carbocycles. The Morgan fingerprint density at radius 1 is 1.06 bits per heavy atom. The molecule has 0 aliphatic rings. The van der Waals surface area contributed by atoms with Crippen LogP contribution in [0.25, 0.3) is 11.1 Å². The summed E-state index contributed by atoms with van der Waals surface area (Å²) in [6, 6.07) is 12.7. The number of phenolic OH excluding ortho intramolecular Hbond substituents is 1. The number of carbonyl (C=O) groups excluding carboxylic acids is 2. The number of rotatable bonds is 8. The molecule has 0 bridgehead atoms. The van der Waals surface area contributed by atoms with Crippen molar-refractivity contribution >= 4 is 17.5 Å².